The predicted octanol–water partition coefficient (Wildman–Crippen LogP) is 3.32. The van der Waals surface area contributed by atoms with Crippen molar-refractivity contribution >= 4 is 10.9 Å². The highest BCUT2D eigenvalue weighted by molar-refractivity contribution is 5.83. The van der Waals surface area contributed by atoms with E-state index in [1.165, 1.54) is 22.9 Å². The topological polar surface area (TPSA) is 46.5 Å². The van der Waals surface area contributed by atoms with Crippen LogP contribution in [0.15, 0.2) is 30.5 Å². The molecule has 1 aromatic carbocycles. The van der Waals surface area contributed by atoms with E-state index in [0.717, 1.165) is 31.0 Å². The second kappa shape index (κ2) is 4.45. The molecule has 0 spiro atoms. The first kappa shape index (κ1) is 12.6. The molecule has 4 nitrogen and oxygen atoms in total. The second-order valence-electron chi connectivity index (χ2n) is 6.82. The minimum absolute atomic E-state index is 0.338. The predicted molar refractivity (Wildman–Crippen MR) is 83.2 cm³/mol. The first-order chi connectivity index (χ1) is 10.1. The van der Waals surface area contributed by atoms with E-state index in [4.69, 9.17) is 0 Å². The van der Waals surface area contributed by atoms with Crippen molar-refractivity contribution in [1.82, 2.24) is 19.7 Å². The summed E-state index contributed by atoms with van der Waals surface area (Å²) >= 11 is 0. The zero-order valence-corrected chi connectivity index (χ0v) is 12.6. The van der Waals surface area contributed by atoms with Crippen LogP contribution in [0.25, 0.3) is 10.9 Å². The van der Waals surface area contributed by atoms with Gasteiger partial charge in [-0.2, -0.15) is 0 Å². The number of hydrogen-bond acceptors (Lipinski definition) is 2. The molecule has 1 N–H and O–H groups in total. The van der Waals surface area contributed by atoms with Crippen LogP contribution in [-0.2, 0) is 19.4 Å². The van der Waals surface area contributed by atoms with Gasteiger partial charge in [-0.1, -0.05) is 32.0 Å². The highest BCUT2D eigenvalue weighted by Crippen LogP contribution is 2.31. The Bertz CT molecular complexity index is 794. The average Bonchev–Trinajstić information content (AvgIpc) is 3.04. The fourth-order valence-corrected chi connectivity index (χ4v) is 3.28. The highest BCUT2D eigenvalue weighted by Gasteiger charge is 2.28. The highest BCUT2D eigenvalue weighted by atomic mass is 15.3. The van der Waals surface area contributed by atoms with E-state index in [1.807, 2.05) is 0 Å². The first-order valence-corrected chi connectivity index (χ1v) is 7.58. The third-order valence-electron chi connectivity index (χ3n) is 4.54. The van der Waals surface area contributed by atoms with Gasteiger partial charge in [-0.05, 0) is 23.5 Å². The van der Waals surface area contributed by atoms with E-state index in [2.05, 4.69) is 64.1 Å². The van der Waals surface area contributed by atoms with Gasteiger partial charge in [0.05, 0.1) is 0 Å². The van der Waals surface area contributed by atoms with Gasteiger partial charge in [-0.25, -0.2) is 0 Å². The maximum atomic E-state index is 4.44. The Labute approximate surface area is 124 Å². The largest absolute Gasteiger partial charge is 0.361 e. The van der Waals surface area contributed by atoms with Crippen LogP contribution in [-0.4, -0.2) is 19.7 Å². The number of nitrogens with zero attached hydrogens (tertiary/aromatic N) is 3. The Morgan fingerprint density at radius 3 is 3.00 bits per heavy atom. The summed E-state index contributed by atoms with van der Waals surface area (Å²) in [6, 6.07) is 8.42. The van der Waals surface area contributed by atoms with E-state index in [9.17, 15) is 0 Å². The molecule has 0 saturated heterocycles. The van der Waals surface area contributed by atoms with Crippen LogP contribution in [0.3, 0.4) is 0 Å². The molecule has 108 valence electrons. The maximum absolute atomic E-state index is 4.44. The Morgan fingerprint density at radius 2 is 2.10 bits per heavy atom. The smallest absolute Gasteiger partial charge is 0.137 e. The second-order valence-corrected chi connectivity index (χ2v) is 6.82. The summed E-state index contributed by atoms with van der Waals surface area (Å²) in [5.41, 5.74) is 2.82. The molecule has 3 aromatic rings. The number of rotatable bonds is 2. The molecule has 1 aliphatic rings. The number of H-pyrrole nitrogens is 1. The quantitative estimate of drug-likeness (QED) is 0.782. The van der Waals surface area contributed by atoms with E-state index in [-0.39, 0.29) is 0 Å². The van der Waals surface area contributed by atoms with Gasteiger partial charge in [-0.3, -0.25) is 0 Å². The minimum Gasteiger partial charge on any atom is -0.361 e. The summed E-state index contributed by atoms with van der Waals surface area (Å²) in [5.74, 6) is 2.23. The molecule has 0 saturated carbocycles. The molecule has 0 radical (unpaired) electrons. The maximum Gasteiger partial charge on any atom is 0.137 e. The molecule has 2 aromatic heterocycles. The fraction of sp³-hybridized carbons (Fsp3) is 0.412. The number of benzene rings is 1. The molecule has 4 rings (SSSR count). The van der Waals surface area contributed by atoms with Crippen molar-refractivity contribution in [1.29, 1.82) is 0 Å². The van der Waals surface area contributed by atoms with Gasteiger partial charge < -0.3 is 9.55 Å². The number of aromatic amines is 1. The van der Waals surface area contributed by atoms with Gasteiger partial charge in [0.1, 0.15) is 11.6 Å². The van der Waals surface area contributed by atoms with Crippen molar-refractivity contribution in [3.8, 4) is 0 Å². The molecular weight excluding hydrogens is 260 g/mol. The van der Waals surface area contributed by atoms with Crippen LogP contribution in [0.1, 0.15) is 37.5 Å². The van der Waals surface area contributed by atoms with Crippen molar-refractivity contribution in [2.24, 2.45) is 5.41 Å². The summed E-state index contributed by atoms with van der Waals surface area (Å²) < 4.78 is 2.32. The lowest BCUT2D eigenvalue weighted by atomic mass is 9.85. The number of para-hydroxylation sites is 1. The average molecular weight is 280 g/mol. The number of fused-ring (bicyclic) bond motifs is 2. The van der Waals surface area contributed by atoms with Gasteiger partial charge in [-0.15, -0.1) is 10.2 Å². The zero-order chi connectivity index (χ0) is 14.4. The number of nitrogens with one attached hydrogen (secondary N) is 1. The standard InChI is InChI=1S/C17H20N4/c1-17(2)8-7-15-19-20-16(21(15)11-17)9-12-10-18-14-6-4-3-5-13(12)14/h3-6,10,18H,7-9,11H2,1-2H3. The Balaban J connectivity index is 1.71. The molecule has 4 heteroatoms. The summed E-state index contributed by atoms with van der Waals surface area (Å²) in [6.07, 6.45) is 5.17. The van der Waals surface area contributed by atoms with Crippen LogP contribution in [0.5, 0.6) is 0 Å². The normalized spacial score (nSPS) is 17.0. The van der Waals surface area contributed by atoms with Crippen molar-refractivity contribution in [3.05, 3.63) is 47.7 Å². The van der Waals surface area contributed by atoms with Gasteiger partial charge in [0.2, 0.25) is 0 Å². The van der Waals surface area contributed by atoms with Crippen LogP contribution in [0.2, 0.25) is 0 Å². The van der Waals surface area contributed by atoms with Crippen molar-refractivity contribution in [2.75, 3.05) is 0 Å². The molecule has 0 fully saturated rings. The van der Waals surface area contributed by atoms with Gasteiger partial charge in [0.25, 0.3) is 0 Å². The number of aromatic nitrogens is 4. The number of hydrogen-bond donors (Lipinski definition) is 1. The molecule has 3 heterocycles. The molecule has 21 heavy (non-hydrogen) atoms. The zero-order valence-electron chi connectivity index (χ0n) is 12.6. The molecule has 0 bridgehead atoms. The molecule has 0 unspecified atom stereocenters. The first-order valence-electron chi connectivity index (χ1n) is 7.58. The monoisotopic (exact) mass is 280 g/mol. The fourth-order valence-electron chi connectivity index (χ4n) is 3.28. The summed E-state index contributed by atoms with van der Waals surface area (Å²) in [6.45, 7) is 5.67. The third-order valence-corrected chi connectivity index (χ3v) is 4.54. The van der Waals surface area contributed by atoms with Crippen molar-refractivity contribution in [2.45, 2.75) is 39.7 Å². The molecule has 0 aliphatic carbocycles. The molecule has 0 atom stereocenters. The van der Waals surface area contributed by atoms with Crippen LogP contribution in [0, 0.1) is 5.41 Å². The molecule has 0 amide bonds. The van der Waals surface area contributed by atoms with E-state index in [0.29, 0.717) is 5.41 Å². The summed E-state index contributed by atoms with van der Waals surface area (Å²) in [7, 11) is 0. The van der Waals surface area contributed by atoms with Crippen LogP contribution in [0.4, 0.5) is 0 Å². The molecular formula is C17H20N4. The summed E-state index contributed by atoms with van der Waals surface area (Å²) in [4.78, 5) is 3.34. The SMILES string of the molecule is CC1(C)CCc2nnc(Cc3c[nH]c4ccccc34)n2C1. The lowest BCUT2D eigenvalue weighted by Crippen LogP contribution is -2.28. The lowest BCUT2D eigenvalue weighted by molar-refractivity contribution is 0.244. The Kier molecular flexibility index (Phi) is 2.67. The van der Waals surface area contributed by atoms with E-state index in [1.54, 1.807) is 0 Å². The van der Waals surface area contributed by atoms with E-state index < -0.39 is 0 Å². The molecule has 1 aliphatic heterocycles. The minimum atomic E-state index is 0.338. The summed E-state index contributed by atoms with van der Waals surface area (Å²) in [5, 5.41) is 10.1. The van der Waals surface area contributed by atoms with E-state index >= 15 is 0 Å². The third kappa shape index (κ3) is 2.15. The van der Waals surface area contributed by atoms with Crippen molar-refractivity contribution in [3.63, 3.8) is 0 Å². The van der Waals surface area contributed by atoms with Gasteiger partial charge in [0.15, 0.2) is 0 Å². The van der Waals surface area contributed by atoms with Crippen LogP contribution < -0.4 is 0 Å². The number of aryl methyl sites for hydroxylation is 1. The Hall–Kier alpha value is -2.10. The van der Waals surface area contributed by atoms with Gasteiger partial charge in [0, 0.05) is 36.5 Å². The lowest BCUT2D eigenvalue weighted by Gasteiger charge is -2.30. The van der Waals surface area contributed by atoms with Crippen molar-refractivity contribution < 1.29 is 0 Å². The Morgan fingerprint density at radius 1 is 1.24 bits per heavy atom. The van der Waals surface area contributed by atoms with Gasteiger partial charge >= 0.3 is 0 Å². The van der Waals surface area contributed by atoms with Crippen LogP contribution >= 0.6 is 0 Å².